The number of methoxy groups -OCH3 is 1. The summed E-state index contributed by atoms with van der Waals surface area (Å²) in [5, 5.41) is 6.39. The number of hydrogen-bond donors (Lipinski definition) is 2. The van der Waals surface area contributed by atoms with Crippen molar-refractivity contribution in [1.29, 1.82) is 0 Å². The molecule has 0 aromatic heterocycles. The van der Waals surface area contributed by atoms with Crippen molar-refractivity contribution in [3.8, 4) is 5.75 Å². The van der Waals surface area contributed by atoms with E-state index in [9.17, 15) is 4.79 Å². The summed E-state index contributed by atoms with van der Waals surface area (Å²) in [6.45, 7) is 9.40. The van der Waals surface area contributed by atoms with Gasteiger partial charge in [-0.15, -0.1) is 0 Å². The van der Waals surface area contributed by atoms with Gasteiger partial charge in [0.05, 0.1) is 12.8 Å². The van der Waals surface area contributed by atoms with Crippen LogP contribution < -0.4 is 15.4 Å². The minimum atomic E-state index is -0.0976. The number of nitrogens with one attached hydrogen (secondary N) is 2. The topological polar surface area (TPSA) is 53.6 Å². The van der Waals surface area contributed by atoms with E-state index in [1.165, 1.54) is 6.92 Å². The maximum absolute atomic E-state index is 11.2. The summed E-state index contributed by atoms with van der Waals surface area (Å²) in [6, 6.07) is 6.30. The van der Waals surface area contributed by atoms with Gasteiger partial charge in [-0.05, 0) is 31.0 Å². The highest BCUT2D eigenvalue weighted by atomic mass is 16.5. The zero-order valence-electron chi connectivity index (χ0n) is 14.0. The van der Waals surface area contributed by atoms with E-state index in [2.05, 4.69) is 29.4 Å². The first-order valence-corrected chi connectivity index (χ1v) is 7.98. The minimum Gasteiger partial charge on any atom is -0.494 e. The molecule has 22 heavy (non-hydrogen) atoms. The lowest BCUT2D eigenvalue weighted by Gasteiger charge is -2.37. The molecule has 0 aliphatic carbocycles. The lowest BCUT2D eigenvalue weighted by atomic mass is 9.93. The van der Waals surface area contributed by atoms with Crippen molar-refractivity contribution in [2.24, 2.45) is 5.92 Å². The second-order valence-corrected chi connectivity index (χ2v) is 6.01. The van der Waals surface area contributed by atoms with E-state index in [0.29, 0.717) is 23.4 Å². The Morgan fingerprint density at radius 3 is 2.82 bits per heavy atom. The van der Waals surface area contributed by atoms with Crippen LogP contribution in [0.15, 0.2) is 18.2 Å². The first-order valence-electron chi connectivity index (χ1n) is 7.98. The number of benzene rings is 1. The van der Waals surface area contributed by atoms with E-state index in [-0.39, 0.29) is 5.91 Å². The zero-order valence-corrected chi connectivity index (χ0v) is 14.0. The molecule has 1 heterocycles. The number of carbonyl (C=O) groups excluding carboxylic acids is 1. The Morgan fingerprint density at radius 2 is 2.23 bits per heavy atom. The fraction of sp³-hybridized carbons (Fsp3) is 0.588. The lowest BCUT2D eigenvalue weighted by molar-refractivity contribution is -0.114. The summed E-state index contributed by atoms with van der Waals surface area (Å²) in [6.07, 6.45) is 1.14. The molecule has 1 aliphatic heterocycles. The van der Waals surface area contributed by atoms with Gasteiger partial charge in [0, 0.05) is 37.8 Å². The molecule has 2 N–H and O–H groups in total. The standard InChI is InChI=1S/C17H27N3O2/c1-5-20-9-8-15(12(2)11-20)19-14-6-7-16(18-13(3)21)17(10-14)22-4/h6-7,10,12,15,19H,5,8-9,11H2,1-4H3,(H,18,21)/t12-,15-/m1/s1. The smallest absolute Gasteiger partial charge is 0.221 e. The monoisotopic (exact) mass is 305 g/mol. The zero-order chi connectivity index (χ0) is 16.1. The average Bonchev–Trinajstić information content (AvgIpc) is 2.50. The predicted octanol–water partition coefficient (Wildman–Crippen LogP) is 2.80. The van der Waals surface area contributed by atoms with Crippen molar-refractivity contribution in [2.45, 2.75) is 33.2 Å². The SMILES string of the molecule is CCN1CC[C@@H](Nc2ccc(NC(C)=O)c(OC)c2)[C@H](C)C1. The highest BCUT2D eigenvalue weighted by Gasteiger charge is 2.25. The first-order chi connectivity index (χ1) is 10.5. The molecule has 1 fully saturated rings. The van der Waals surface area contributed by atoms with Crippen LogP contribution in [0.5, 0.6) is 5.75 Å². The van der Waals surface area contributed by atoms with Crippen molar-refractivity contribution >= 4 is 17.3 Å². The number of piperidine rings is 1. The normalized spacial score (nSPS) is 22.2. The number of nitrogens with zero attached hydrogens (tertiary/aromatic N) is 1. The van der Waals surface area contributed by atoms with Gasteiger partial charge in [-0.2, -0.15) is 0 Å². The van der Waals surface area contributed by atoms with Crippen LogP contribution in [0.4, 0.5) is 11.4 Å². The third-order valence-corrected chi connectivity index (χ3v) is 4.30. The third-order valence-electron chi connectivity index (χ3n) is 4.30. The van der Waals surface area contributed by atoms with E-state index in [4.69, 9.17) is 4.74 Å². The number of rotatable bonds is 5. The Bertz CT molecular complexity index is 519. The molecule has 1 amide bonds. The highest BCUT2D eigenvalue weighted by Crippen LogP contribution is 2.29. The number of likely N-dealkylation sites (tertiary alicyclic amines) is 1. The Labute approximate surface area is 133 Å². The molecule has 1 aliphatic rings. The second kappa shape index (κ2) is 7.49. The fourth-order valence-electron chi connectivity index (χ4n) is 3.02. The maximum Gasteiger partial charge on any atom is 0.221 e. The Morgan fingerprint density at radius 1 is 1.45 bits per heavy atom. The number of ether oxygens (including phenoxy) is 1. The van der Waals surface area contributed by atoms with Gasteiger partial charge in [0.15, 0.2) is 0 Å². The molecule has 0 bridgehead atoms. The number of hydrogen-bond acceptors (Lipinski definition) is 4. The van der Waals surface area contributed by atoms with E-state index in [1.807, 2.05) is 18.2 Å². The molecule has 5 heteroatoms. The van der Waals surface area contributed by atoms with Crippen LogP contribution in [0.25, 0.3) is 0 Å². The summed E-state index contributed by atoms with van der Waals surface area (Å²) >= 11 is 0. The number of carbonyl (C=O) groups is 1. The Balaban J connectivity index is 2.05. The van der Waals surface area contributed by atoms with Gasteiger partial charge in [0.2, 0.25) is 5.91 Å². The molecule has 1 aromatic carbocycles. The van der Waals surface area contributed by atoms with Crippen molar-refractivity contribution in [3.05, 3.63) is 18.2 Å². The maximum atomic E-state index is 11.2. The van der Waals surface area contributed by atoms with Gasteiger partial charge in [-0.3, -0.25) is 4.79 Å². The molecule has 2 rings (SSSR count). The summed E-state index contributed by atoms with van der Waals surface area (Å²) in [5.41, 5.74) is 1.74. The summed E-state index contributed by atoms with van der Waals surface area (Å²) < 4.78 is 5.37. The van der Waals surface area contributed by atoms with Crippen molar-refractivity contribution in [2.75, 3.05) is 37.4 Å². The summed E-state index contributed by atoms with van der Waals surface area (Å²) in [5.74, 6) is 1.19. The molecule has 0 saturated carbocycles. The number of amides is 1. The van der Waals surface area contributed by atoms with Gasteiger partial charge in [-0.25, -0.2) is 0 Å². The van der Waals surface area contributed by atoms with E-state index in [0.717, 1.165) is 31.7 Å². The van der Waals surface area contributed by atoms with Gasteiger partial charge in [0.25, 0.3) is 0 Å². The molecule has 2 atom stereocenters. The summed E-state index contributed by atoms with van der Waals surface area (Å²) in [7, 11) is 1.62. The Kier molecular flexibility index (Phi) is 5.66. The van der Waals surface area contributed by atoms with Gasteiger partial charge < -0.3 is 20.3 Å². The van der Waals surface area contributed by atoms with Gasteiger partial charge in [-0.1, -0.05) is 13.8 Å². The average molecular weight is 305 g/mol. The molecule has 1 saturated heterocycles. The van der Waals surface area contributed by atoms with Gasteiger partial charge in [0.1, 0.15) is 5.75 Å². The van der Waals surface area contributed by atoms with E-state index in [1.54, 1.807) is 7.11 Å². The van der Waals surface area contributed by atoms with Crippen LogP contribution in [0, 0.1) is 5.92 Å². The van der Waals surface area contributed by atoms with Crippen molar-refractivity contribution in [3.63, 3.8) is 0 Å². The third kappa shape index (κ3) is 4.13. The van der Waals surface area contributed by atoms with E-state index < -0.39 is 0 Å². The van der Waals surface area contributed by atoms with Crippen LogP contribution in [0.2, 0.25) is 0 Å². The molecule has 5 nitrogen and oxygen atoms in total. The molecular weight excluding hydrogens is 278 g/mol. The first kappa shape index (κ1) is 16.6. The second-order valence-electron chi connectivity index (χ2n) is 6.01. The predicted molar refractivity (Wildman–Crippen MR) is 90.6 cm³/mol. The Hall–Kier alpha value is -1.75. The van der Waals surface area contributed by atoms with Gasteiger partial charge >= 0.3 is 0 Å². The van der Waals surface area contributed by atoms with Crippen LogP contribution in [-0.2, 0) is 4.79 Å². The van der Waals surface area contributed by atoms with E-state index >= 15 is 0 Å². The molecular formula is C17H27N3O2. The van der Waals surface area contributed by atoms with Crippen molar-refractivity contribution in [1.82, 2.24) is 4.90 Å². The molecule has 1 aromatic rings. The number of anilines is 2. The van der Waals surface area contributed by atoms with Crippen LogP contribution in [0.3, 0.4) is 0 Å². The van der Waals surface area contributed by atoms with Crippen LogP contribution in [0.1, 0.15) is 27.2 Å². The molecule has 0 unspecified atom stereocenters. The quantitative estimate of drug-likeness (QED) is 0.878. The molecule has 0 radical (unpaired) electrons. The fourth-order valence-corrected chi connectivity index (χ4v) is 3.02. The lowest BCUT2D eigenvalue weighted by Crippen LogP contribution is -2.45. The van der Waals surface area contributed by atoms with Crippen LogP contribution in [-0.4, -0.2) is 43.6 Å². The van der Waals surface area contributed by atoms with Crippen molar-refractivity contribution < 1.29 is 9.53 Å². The van der Waals surface area contributed by atoms with Crippen LogP contribution >= 0.6 is 0 Å². The molecule has 0 spiro atoms. The highest BCUT2D eigenvalue weighted by molar-refractivity contribution is 5.90. The largest absolute Gasteiger partial charge is 0.494 e. The molecule has 122 valence electrons. The minimum absolute atomic E-state index is 0.0976. The summed E-state index contributed by atoms with van der Waals surface area (Å²) in [4.78, 5) is 13.7.